The van der Waals surface area contributed by atoms with Crippen LogP contribution in [0, 0.1) is 0 Å². The predicted molar refractivity (Wildman–Crippen MR) is 178 cm³/mol. The molecular formula is C33H27BrClN5O8. The highest BCUT2D eigenvalue weighted by Gasteiger charge is 2.45. The molecule has 0 fully saturated rings. The van der Waals surface area contributed by atoms with Crippen molar-refractivity contribution in [2.75, 3.05) is 14.2 Å². The van der Waals surface area contributed by atoms with Gasteiger partial charge in [-0.3, -0.25) is 14.4 Å². The van der Waals surface area contributed by atoms with E-state index in [1.807, 2.05) is 0 Å². The maximum absolute atomic E-state index is 14.0. The summed E-state index contributed by atoms with van der Waals surface area (Å²) in [5, 5.41) is 11.2. The number of benzene rings is 2. The van der Waals surface area contributed by atoms with E-state index in [0.717, 1.165) is 4.57 Å². The van der Waals surface area contributed by atoms with E-state index in [0.29, 0.717) is 38.7 Å². The van der Waals surface area contributed by atoms with E-state index in [4.69, 9.17) is 21.1 Å². The van der Waals surface area contributed by atoms with Crippen molar-refractivity contribution in [3.63, 3.8) is 0 Å². The fourth-order valence-corrected chi connectivity index (χ4v) is 7.55. The van der Waals surface area contributed by atoms with Crippen LogP contribution < -0.4 is 26.4 Å². The molecule has 0 spiro atoms. The quantitative estimate of drug-likeness (QED) is 0.232. The average Bonchev–Trinajstić information content (AvgIpc) is 3.32. The zero-order chi connectivity index (χ0) is 34.2. The first-order valence-corrected chi connectivity index (χ1v) is 16.0. The molecule has 4 aromatic rings. The van der Waals surface area contributed by atoms with Crippen molar-refractivity contribution in [1.29, 1.82) is 0 Å². The molecule has 2 aliphatic carbocycles. The van der Waals surface area contributed by atoms with Crippen LogP contribution in [-0.4, -0.2) is 54.4 Å². The summed E-state index contributed by atoms with van der Waals surface area (Å²) in [6, 6.07) is 6.90. The number of ketones is 2. The fourth-order valence-electron chi connectivity index (χ4n) is 6.92. The van der Waals surface area contributed by atoms with Crippen LogP contribution in [0.25, 0.3) is 11.0 Å². The van der Waals surface area contributed by atoms with E-state index in [9.17, 15) is 29.1 Å². The Kier molecular flexibility index (Phi) is 7.67. The lowest BCUT2D eigenvalue weighted by atomic mass is 9.68. The molecule has 2 atom stereocenters. The summed E-state index contributed by atoms with van der Waals surface area (Å²) in [6.07, 6.45) is 2.89. The van der Waals surface area contributed by atoms with Crippen molar-refractivity contribution in [1.82, 2.24) is 23.5 Å². The number of allylic oxidation sites excluding steroid dienone is 6. The average molecular weight is 737 g/mol. The number of aromatic nitrogens is 5. The van der Waals surface area contributed by atoms with Crippen LogP contribution in [0.1, 0.15) is 29.6 Å². The number of carbonyl (C=O) groups excluding carboxylic acids is 2. The van der Waals surface area contributed by atoms with Crippen LogP contribution in [0.3, 0.4) is 0 Å². The molecule has 1 N–H and O–H groups in total. The van der Waals surface area contributed by atoms with Gasteiger partial charge in [0.05, 0.1) is 42.3 Å². The number of rotatable bonds is 6. The molecule has 3 aliphatic rings. The zero-order valence-electron chi connectivity index (χ0n) is 25.8. The van der Waals surface area contributed by atoms with Gasteiger partial charge in [-0.2, -0.15) is 0 Å². The SMILES string of the molecule is COc1cc2nc(CCn3c(=O)n4n(c3=O)[C@@H]3CC5=C(C(=O)C=C(Br)C5=O)[C@@H](c5cc(Cl)ccc5O)C3=CC4)c(=O)n(C)c2cc1OC. The molecule has 0 saturated carbocycles. The molecule has 0 unspecified atom stereocenters. The van der Waals surface area contributed by atoms with Crippen molar-refractivity contribution < 1.29 is 24.2 Å². The second-order valence-electron chi connectivity index (χ2n) is 11.7. The van der Waals surface area contributed by atoms with E-state index in [2.05, 4.69) is 20.9 Å². The summed E-state index contributed by atoms with van der Waals surface area (Å²) in [5.41, 5.74) is 0.718. The molecular weight excluding hydrogens is 710 g/mol. The summed E-state index contributed by atoms with van der Waals surface area (Å²) < 4.78 is 15.8. The molecule has 2 aromatic carbocycles. The first-order valence-electron chi connectivity index (χ1n) is 14.9. The Bertz CT molecular complexity index is 2400. The van der Waals surface area contributed by atoms with Crippen LogP contribution in [0.5, 0.6) is 17.2 Å². The molecule has 7 rings (SSSR count). The summed E-state index contributed by atoms with van der Waals surface area (Å²) in [4.78, 5) is 72.4. The highest BCUT2D eigenvalue weighted by Crippen LogP contribution is 2.51. The highest BCUT2D eigenvalue weighted by atomic mass is 79.9. The Labute approximate surface area is 284 Å². The standard InChI is InChI=1S/C33H27BrClN5O8/c1-37-23-14-27(48-3)26(47-2)13-21(23)36-20(31(37)44)7-8-38-32(45)39-9-6-16-22(40(39)33(38)46)11-18-29(25(42)12-19(34)30(18)43)28(16)17-10-15(35)4-5-24(17)41/h4-6,10,12-14,22,28,41H,7-9,11H2,1-3H3/t22-,28-/m1/s1. The summed E-state index contributed by atoms with van der Waals surface area (Å²) >= 11 is 9.50. The third-order valence-electron chi connectivity index (χ3n) is 9.20. The maximum atomic E-state index is 14.0. The number of hydrogen-bond acceptors (Lipinski definition) is 9. The molecule has 1 aliphatic heterocycles. The summed E-state index contributed by atoms with van der Waals surface area (Å²) in [7, 11) is 4.57. The van der Waals surface area contributed by atoms with Gasteiger partial charge in [0, 0.05) is 72.3 Å². The number of phenolic OH excluding ortho intramolecular Hbond substituents is 1. The number of carbonyl (C=O) groups is 2. The number of hydrogen-bond donors (Lipinski definition) is 1. The lowest BCUT2D eigenvalue weighted by Gasteiger charge is -2.39. The minimum atomic E-state index is -0.898. The van der Waals surface area contributed by atoms with Crippen LogP contribution in [0.2, 0.25) is 5.02 Å². The normalized spacial score (nSPS) is 18.7. The Morgan fingerprint density at radius 2 is 1.77 bits per heavy atom. The Morgan fingerprint density at radius 3 is 2.50 bits per heavy atom. The fraction of sp³-hybridized carbons (Fsp3) is 0.273. The van der Waals surface area contributed by atoms with Crippen molar-refractivity contribution in [2.24, 2.45) is 7.05 Å². The van der Waals surface area contributed by atoms with Crippen molar-refractivity contribution >= 4 is 50.1 Å². The van der Waals surface area contributed by atoms with E-state index in [1.165, 1.54) is 52.4 Å². The second-order valence-corrected chi connectivity index (χ2v) is 12.9. The van der Waals surface area contributed by atoms with Gasteiger partial charge in [-0.25, -0.2) is 28.5 Å². The van der Waals surface area contributed by atoms with Crippen LogP contribution in [0.4, 0.5) is 0 Å². The number of methoxy groups -OCH3 is 2. The number of ether oxygens (including phenoxy) is 2. The third kappa shape index (κ3) is 4.72. The lowest BCUT2D eigenvalue weighted by molar-refractivity contribution is -0.115. The number of Topliss-reactive ketones (excluding diaryl/α,β-unsaturated/α-hetero) is 1. The third-order valence-corrected chi connectivity index (χ3v) is 10.0. The van der Waals surface area contributed by atoms with Crippen molar-refractivity contribution in [3.8, 4) is 17.2 Å². The van der Waals surface area contributed by atoms with Crippen LogP contribution in [-0.2, 0) is 36.1 Å². The summed E-state index contributed by atoms with van der Waals surface area (Å²) in [5.74, 6) is -1.01. The van der Waals surface area contributed by atoms with E-state index in [1.54, 1.807) is 25.3 Å². The molecule has 0 saturated heterocycles. The number of fused-ring (bicyclic) bond motifs is 4. The van der Waals surface area contributed by atoms with E-state index < -0.39 is 40.5 Å². The second kappa shape index (κ2) is 11.6. The molecule has 15 heteroatoms. The minimum Gasteiger partial charge on any atom is -0.508 e. The first-order chi connectivity index (χ1) is 22.9. The molecule has 246 valence electrons. The maximum Gasteiger partial charge on any atom is 0.347 e. The van der Waals surface area contributed by atoms with Gasteiger partial charge < -0.3 is 19.1 Å². The Balaban J connectivity index is 1.30. The number of nitrogens with zero attached hydrogens (tertiary/aromatic N) is 5. The molecule has 2 aromatic heterocycles. The van der Waals surface area contributed by atoms with Gasteiger partial charge in [0.2, 0.25) is 0 Å². The number of aryl methyl sites for hydroxylation is 2. The van der Waals surface area contributed by atoms with Gasteiger partial charge in [0.15, 0.2) is 23.1 Å². The number of aromatic hydroxyl groups is 1. The van der Waals surface area contributed by atoms with Gasteiger partial charge in [-0.15, -0.1) is 0 Å². The lowest BCUT2D eigenvalue weighted by Crippen LogP contribution is -2.40. The van der Waals surface area contributed by atoms with Gasteiger partial charge in [-0.1, -0.05) is 17.7 Å². The monoisotopic (exact) mass is 735 g/mol. The summed E-state index contributed by atoms with van der Waals surface area (Å²) in [6.45, 7) is -0.154. The van der Waals surface area contributed by atoms with Crippen molar-refractivity contribution in [3.05, 3.63) is 111 Å². The molecule has 13 nitrogen and oxygen atoms in total. The topological polar surface area (TPSA) is 157 Å². The largest absolute Gasteiger partial charge is 0.508 e. The van der Waals surface area contributed by atoms with Gasteiger partial charge >= 0.3 is 11.4 Å². The molecule has 0 radical (unpaired) electrons. The first kappa shape index (κ1) is 31.6. The van der Waals surface area contributed by atoms with E-state index in [-0.39, 0.29) is 53.0 Å². The molecule has 3 heterocycles. The smallest absolute Gasteiger partial charge is 0.347 e. The molecule has 0 bridgehead atoms. The predicted octanol–water partition coefficient (Wildman–Crippen LogP) is 3.07. The molecule has 48 heavy (non-hydrogen) atoms. The highest BCUT2D eigenvalue weighted by molar-refractivity contribution is 9.12. The molecule has 0 amide bonds. The Morgan fingerprint density at radius 1 is 1.04 bits per heavy atom. The number of phenols is 1. The zero-order valence-corrected chi connectivity index (χ0v) is 28.2. The van der Waals surface area contributed by atoms with Crippen LogP contribution >= 0.6 is 27.5 Å². The van der Waals surface area contributed by atoms with Crippen molar-refractivity contribution in [2.45, 2.75) is 37.9 Å². The van der Waals surface area contributed by atoms with Gasteiger partial charge in [0.1, 0.15) is 11.4 Å². The van der Waals surface area contributed by atoms with E-state index >= 15 is 0 Å². The Hall–Kier alpha value is -4.95. The van der Waals surface area contributed by atoms with Crippen LogP contribution in [0.15, 0.2) is 78.1 Å². The number of halogens is 2. The van der Waals surface area contributed by atoms with Gasteiger partial charge in [-0.05, 0) is 39.7 Å². The minimum absolute atomic E-state index is 0.00731. The van der Waals surface area contributed by atoms with Gasteiger partial charge in [0.25, 0.3) is 5.56 Å².